The average Bonchev–Trinajstić information content (AvgIpc) is 2.65. The molecule has 0 amide bonds. The fourth-order valence-electron chi connectivity index (χ4n) is 1.76. The summed E-state index contributed by atoms with van der Waals surface area (Å²) in [5.41, 5.74) is 7.56. The van der Waals surface area contributed by atoms with Gasteiger partial charge in [0.1, 0.15) is 11.3 Å². The van der Waals surface area contributed by atoms with Gasteiger partial charge in [-0.05, 0) is 6.92 Å². The van der Waals surface area contributed by atoms with Crippen LogP contribution in [0.4, 0.5) is 5.88 Å². The van der Waals surface area contributed by atoms with Crippen LogP contribution in [-0.4, -0.2) is 13.1 Å². The summed E-state index contributed by atoms with van der Waals surface area (Å²) in [7, 11) is 1.32. The Balaban J connectivity index is 2.56. The zero-order chi connectivity index (χ0) is 12.4. The molecular formula is C13H13NO3. The fraction of sp³-hybridized carbons (Fsp3) is 0.154. The largest absolute Gasteiger partial charge is 0.465 e. The van der Waals surface area contributed by atoms with Crippen LogP contribution in [0.3, 0.4) is 0 Å². The standard InChI is InChI=1S/C13H13NO3/c1-8-10(13(15)16-2)12(14)17-11(8)9-6-4-3-5-7-9/h3-7H,14H2,1-2H3. The Morgan fingerprint density at radius 1 is 1.29 bits per heavy atom. The second-order valence-corrected chi connectivity index (χ2v) is 3.65. The lowest BCUT2D eigenvalue weighted by atomic mass is 10.1. The Kier molecular flexibility index (Phi) is 2.87. The van der Waals surface area contributed by atoms with Gasteiger partial charge in [0.15, 0.2) is 0 Å². The molecule has 0 aliphatic heterocycles. The van der Waals surface area contributed by atoms with E-state index >= 15 is 0 Å². The number of nitrogens with two attached hydrogens (primary N) is 1. The molecule has 0 spiro atoms. The van der Waals surface area contributed by atoms with Gasteiger partial charge in [-0.1, -0.05) is 30.3 Å². The fourth-order valence-corrected chi connectivity index (χ4v) is 1.76. The molecule has 17 heavy (non-hydrogen) atoms. The van der Waals surface area contributed by atoms with E-state index < -0.39 is 5.97 Å². The summed E-state index contributed by atoms with van der Waals surface area (Å²) in [6, 6.07) is 9.49. The van der Waals surface area contributed by atoms with Crippen LogP contribution in [0.1, 0.15) is 15.9 Å². The predicted molar refractivity (Wildman–Crippen MR) is 64.6 cm³/mol. The van der Waals surface area contributed by atoms with Crippen LogP contribution >= 0.6 is 0 Å². The topological polar surface area (TPSA) is 65.5 Å². The Hall–Kier alpha value is -2.23. The van der Waals surface area contributed by atoms with Crippen molar-refractivity contribution >= 4 is 11.9 Å². The highest BCUT2D eigenvalue weighted by atomic mass is 16.5. The van der Waals surface area contributed by atoms with Crippen LogP contribution in [0.25, 0.3) is 11.3 Å². The summed E-state index contributed by atoms with van der Waals surface area (Å²) in [5, 5.41) is 0. The van der Waals surface area contributed by atoms with E-state index in [2.05, 4.69) is 4.74 Å². The molecule has 1 aromatic carbocycles. The van der Waals surface area contributed by atoms with E-state index in [1.54, 1.807) is 6.92 Å². The molecule has 2 N–H and O–H groups in total. The maximum Gasteiger partial charge on any atom is 0.343 e. The maximum absolute atomic E-state index is 11.5. The van der Waals surface area contributed by atoms with Crippen LogP contribution in [0.15, 0.2) is 34.7 Å². The van der Waals surface area contributed by atoms with Crippen LogP contribution in [0, 0.1) is 6.92 Å². The van der Waals surface area contributed by atoms with Crippen molar-refractivity contribution in [1.82, 2.24) is 0 Å². The zero-order valence-corrected chi connectivity index (χ0v) is 9.69. The first-order valence-electron chi connectivity index (χ1n) is 5.17. The van der Waals surface area contributed by atoms with Crippen molar-refractivity contribution in [2.75, 3.05) is 12.8 Å². The van der Waals surface area contributed by atoms with E-state index in [0.717, 1.165) is 5.56 Å². The molecule has 0 aliphatic rings. The van der Waals surface area contributed by atoms with Crippen molar-refractivity contribution in [3.8, 4) is 11.3 Å². The second kappa shape index (κ2) is 4.33. The Morgan fingerprint density at radius 2 is 1.94 bits per heavy atom. The summed E-state index contributed by atoms with van der Waals surface area (Å²) >= 11 is 0. The summed E-state index contributed by atoms with van der Waals surface area (Å²) in [6.45, 7) is 1.79. The van der Waals surface area contributed by atoms with E-state index in [9.17, 15) is 4.79 Å². The van der Waals surface area contributed by atoms with Crippen LogP contribution < -0.4 is 5.73 Å². The third-order valence-corrected chi connectivity index (χ3v) is 2.60. The maximum atomic E-state index is 11.5. The van der Waals surface area contributed by atoms with Gasteiger partial charge in [-0.25, -0.2) is 4.79 Å². The normalized spacial score (nSPS) is 10.2. The van der Waals surface area contributed by atoms with Crippen LogP contribution in [-0.2, 0) is 4.74 Å². The number of ether oxygens (including phenoxy) is 1. The molecule has 2 aromatic rings. The summed E-state index contributed by atoms with van der Waals surface area (Å²) < 4.78 is 10.1. The van der Waals surface area contributed by atoms with Gasteiger partial charge in [0, 0.05) is 11.1 Å². The Labute approximate surface area is 99.0 Å². The SMILES string of the molecule is COC(=O)c1c(N)oc(-c2ccccc2)c1C. The van der Waals surface area contributed by atoms with Crippen molar-refractivity contribution in [2.24, 2.45) is 0 Å². The van der Waals surface area contributed by atoms with Crippen molar-refractivity contribution in [1.29, 1.82) is 0 Å². The summed E-state index contributed by atoms with van der Waals surface area (Å²) in [5.74, 6) is 0.211. The minimum atomic E-state index is -0.481. The lowest BCUT2D eigenvalue weighted by molar-refractivity contribution is 0.0601. The number of furan rings is 1. The molecule has 0 unspecified atom stereocenters. The van der Waals surface area contributed by atoms with E-state index in [0.29, 0.717) is 16.9 Å². The minimum Gasteiger partial charge on any atom is -0.465 e. The number of carbonyl (C=O) groups is 1. The minimum absolute atomic E-state index is 0.0909. The Morgan fingerprint density at radius 3 is 2.53 bits per heavy atom. The van der Waals surface area contributed by atoms with Crippen molar-refractivity contribution in [3.63, 3.8) is 0 Å². The smallest absolute Gasteiger partial charge is 0.343 e. The van der Waals surface area contributed by atoms with Crippen LogP contribution in [0.2, 0.25) is 0 Å². The molecule has 0 saturated carbocycles. The molecule has 0 atom stereocenters. The molecule has 4 nitrogen and oxygen atoms in total. The molecule has 0 bridgehead atoms. The quantitative estimate of drug-likeness (QED) is 0.807. The first-order chi connectivity index (χ1) is 8.15. The monoisotopic (exact) mass is 231 g/mol. The molecule has 0 aliphatic carbocycles. The number of hydrogen-bond donors (Lipinski definition) is 1. The predicted octanol–water partition coefficient (Wildman–Crippen LogP) is 2.62. The number of nitrogen functional groups attached to an aromatic ring is 1. The van der Waals surface area contributed by atoms with Crippen molar-refractivity contribution < 1.29 is 13.9 Å². The summed E-state index contributed by atoms with van der Waals surface area (Å²) in [6.07, 6.45) is 0. The lowest BCUT2D eigenvalue weighted by Gasteiger charge is -1.99. The highest BCUT2D eigenvalue weighted by Crippen LogP contribution is 2.32. The second-order valence-electron chi connectivity index (χ2n) is 3.65. The lowest BCUT2D eigenvalue weighted by Crippen LogP contribution is -2.04. The number of hydrogen-bond acceptors (Lipinski definition) is 4. The van der Waals surface area contributed by atoms with Gasteiger partial charge in [-0.2, -0.15) is 0 Å². The van der Waals surface area contributed by atoms with E-state index in [1.807, 2.05) is 30.3 Å². The van der Waals surface area contributed by atoms with E-state index in [-0.39, 0.29) is 5.88 Å². The van der Waals surface area contributed by atoms with Crippen molar-refractivity contribution in [3.05, 3.63) is 41.5 Å². The third kappa shape index (κ3) is 1.89. The number of anilines is 1. The van der Waals surface area contributed by atoms with Gasteiger partial charge >= 0.3 is 5.97 Å². The number of carbonyl (C=O) groups excluding carboxylic acids is 1. The molecule has 0 radical (unpaired) electrons. The summed E-state index contributed by atoms with van der Waals surface area (Å²) in [4.78, 5) is 11.5. The van der Waals surface area contributed by atoms with Gasteiger partial charge in [0.05, 0.1) is 7.11 Å². The highest BCUT2D eigenvalue weighted by molar-refractivity contribution is 5.97. The average molecular weight is 231 g/mol. The molecule has 0 fully saturated rings. The molecular weight excluding hydrogens is 218 g/mol. The van der Waals surface area contributed by atoms with Crippen molar-refractivity contribution in [2.45, 2.75) is 6.92 Å². The van der Waals surface area contributed by atoms with Gasteiger partial charge in [-0.3, -0.25) is 0 Å². The highest BCUT2D eigenvalue weighted by Gasteiger charge is 2.22. The zero-order valence-electron chi connectivity index (χ0n) is 9.69. The molecule has 1 heterocycles. The number of esters is 1. The molecule has 2 rings (SSSR count). The van der Waals surface area contributed by atoms with Gasteiger partial charge in [-0.15, -0.1) is 0 Å². The first-order valence-corrected chi connectivity index (χ1v) is 5.17. The number of rotatable bonds is 2. The van der Waals surface area contributed by atoms with Gasteiger partial charge in [0.2, 0.25) is 5.88 Å². The van der Waals surface area contributed by atoms with E-state index in [4.69, 9.17) is 10.2 Å². The number of methoxy groups -OCH3 is 1. The molecule has 4 heteroatoms. The molecule has 1 aromatic heterocycles. The van der Waals surface area contributed by atoms with Crippen LogP contribution in [0.5, 0.6) is 0 Å². The van der Waals surface area contributed by atoms with Gasteiger partial charge < -0.3 is 14.9 Å². The first kappa shape index (κ1) is 11.3. The molecule has 0 saturated heterocycles. The third-order valence-electron chi connectivity index (χ3n) is 2.60. The van der Waals surface area contributed by atoms with E-state index in [1.165, 1.54) is 7.11 Å². The molecule has 88 valence electrons. The van der Waals surface area contributed by atoms with Gasteiger partial charge in [0.25, 0.3) is 0 Å². The number of benzene rings is 1. The Bertz CT molecular complexity index is 543.